The van der Waals surface area contributed by atoms with Gasteiger partial charge in [0.1, 0.15) is 5.75 Å². The molecule has 2 N–H and O–H groups in total. The molecule has 0 aliphatic carbocycles. The quantitative estimate of drug-likeness (QED) is 0.235. The van der Waals surface area contributed by atoms with Crippen molar-refractivity contribution in [3.05, 3.63) is 96.1 Å². The molecule has 4 heterocycles. The minimum Gasteiger partial charge on any atom is -0.439 e. The Morgan fingerprint density at radius 3 is 2.56 bits per heavy atom. The Kier molecular flexibility index (Phi) is 7.15. The van der Waals surface area contributed by atoms with Gasteiger partial charge < -0.3 is 10.1 Å². The van der Waals surface area contributed by atoms with Gasteiger partial charge in [0.2, 0.25) is 5.88 Å². The fraction of sp³-hybridized carbons (Fsp3) is 0.226. The lowest BCUT2D eigenvalue weighted by Gasteiger charge is -2.31. The molecular formula is C31H28F2N6O2. The molecule has 5 aromatic rings. The summed E-state index contributed by atoms with van der Waals surface area (Å²) in [4.78, 5) is 23.8. The summed E-state index contributed by atoms with van der Waals surface area (Å²) in [6, 6.07) is 18.8. The fourth-order valence-corrected chi connectivity index (χ4v) is 4.83. The monoisotopic (exact) mass is 554 g/mol. The third kappa shape index (κ3) is 6.22. The van der Waals surface area contributed by atoms with E-state index in [-0.39, 0.29) is 24.4 Å². The number of aromatic amines is 1. The molecule has 0 bridgehead atoms. The second-order valence-corrected chi connectivity index (χ2v) is 10.3. The number of likely N-dealkylation sites (tertiary alicyclic amines) is 1. The zero-order valence-electron chi connectivity index (χ0n) is 22.4. The van der Waals surface area contributed by atoms with Gasteiger partial charge in [-0.2, -0.15) is 5.10 Å². The number of fused-ring (bicyclic) bond motifs is 1. The molecule has 208 valence electrons. The molecule has 10 heteroatoms. The van der Waals surface area contributed by atoms with Crippen LogP contribution in [0, 0.1) is 6.92 Å². The Labute approximate surface area is 235 Å². The van der Waals surface area contributed by atoms with Crippen LogP contribution in [0.3, 0.4) is 0 Å². The van der Waals surface area contributed by atoms with Gasteiger partial charge in [-0.25, -0.2) is 13.8 Å². The summed E-state index contributed by atoms with van der Waals surface area (Å²) in [5.74, 6) is -1.86. The molecule has 1 fully saturated rings. The highest BCUT2D eigenvalue weighted by Gasteiger charge is 2.33. The second kappa shape index (κ2) is 11.1. The van der Waals surface area contributed by atoms with Gasteiger partial charge in [0.15, 0.2) is 5.69 Å². The second-order valence-electron chi connectivity index (χ2n) is 10.3. The summed E-state index contributed by atoms with van der Waals surface area (Å²) in [6.45, 7) is 3.27. The minimum absolute atomic E-state index is 0.121. The van der Waals surface area contributed by atoms with E-state index < -0.39 is 5.92 Å². The van der Waals surface area contributed by atoms with Gasteiger partial charge in [-0.3, -0.25) is 19.8 Å². The summed E-state index contributed by atoms with van der Waals surface area (Å²) in [5, 5.41) is 10.7. The Morgan fingerprint density at radius 2 is 1.80 bits per heavy atom. The van der Waals surface area contributed by atoms with Gasteiger partial charge in [-0.05, 0) is 54.4 Å². The molecule has 41 heavy (non-hydrogen) atoms. The van der Waals surface area contributed by atoms with Gasteiger partial charge in [0.05, 0.1) is 17.4 Å². The molecule has 0 saturated carbocycles. The summed E-state index contributed by atoms with van der Waals surface area (Å²) >= 11 is 0. The third-order valence-electron chi connectivity index (χ3n) is 7.14. The topological polar surface area (TPSA) is 96.0 Å². The van der Waals surface area contributed by atoms with Gasteiger partial charge in [-0.15, -0.1) is 0 Å². The van der Waals surface area contributed by atoms with Crippen LogP contribution in [0.2, 0.25) is 0 Å². The number of carbonyl (C=O) groups excluding carboxylic acids is 1. The molecule has 0 atom stereocenters. The number of nitrogens with one attached hydrogen (secondary N) is 2. The predicted octanol–water partition coefficient (Wildman–Crippen LogP) is 6.60. The van der Waals surface area contributed by atoms with Crippen LogP contribution >= 0.6 is 0 Å². The van der Waals surface area contributed by atoms with Crippen LogP contribution in [-0.4, -0.2) is 50.0 Å². The maximum Gasteiger partial charge on any atom is 0.276 e. The van der Waals surface area contributed by atoms with Crippen molar-refractivity contribution in [2.45, 2.75) is 32.2 Å². The number of nitrogens with zero attached hydrogens (tertiary/aromatic N) is 4. The number of rotatable bonds is 7. The van der Waals surface area contributed by atoms with E-state index in [4.69, 9.17) is 4.74 Å². The largest absolute Gasteiger partial charge is 0.439 e. The first-order valence-electron chi connectivity index (χ1n) is 13.4. The zero-order chi connectivity index (χ0) is 28.4. The Morgan fingerprint density at radius 1 is 1.00 bits per heavy atom. The summed E-state index contributed by atoms with van der Waals surface area (Å²) in [6.07, 6.45) is 4.80. The number of ether oxygens (including phenoxy) is 1. The van der Waals surface area contributed by atoms with E-state index in [0.717, 1.165) is 27.8 Å². The first kappa shape index (κ1) is 26.5. The van der Waals surface area contributed by atoms with E-state index in [2.05, 4.69) is 25.5 Å². The van der Waals surface area contributed by atoms with Crippen molar-refractivity contribution in [3.8, 4) is 22.8 Å². The molecule has 0 spiro atoms. The van der Waals surface area contributed by atoms with Crippen LogP contribution in [0.5, 0.6) is 11.6 Å². The van der Waals surface area contributed by atoms with Crippen molar-refractivity contribution >= 4 is 22.5 Å². The lowest BCUT2D eigenvalue weighted by molar-refractivity contribution is -0.0566. The van der Waals surface area contributed by atoms with Crippen LogP contribution in [0.15, 0.2) is 79.3 Å². The minimum atomic E-state index is -2.57. The summed E-state index contributed by atoms with van der Waals surface area (Å²) < 4.78 is 32.8. The number of piperidine rings is 1. The van der Waals surface area contributed by atoms with Gasteiger partial charge in [0.25, 0.3) is 11.8 Å². The molecule has 1 saturated heterocycles. The van der Waals surface area contributed by atoms with Crippen molar-refractivity contribution in [2.75, 3.05) is 18.4 Å². The van der Waals surface area contributed by atoms with Crippen LogP contribution in [0.4, 0.5) is 14.5 Å². The number of hydrogen-bond donors (Lipinski definition) is 2. The number of aromatic nitrogens is 4. The van der Waals surface area contributed by atoms with E-state index in [1.54, 1.807) is 24.5 Å². The number of anilines is 1. The fourth-order valence-electron chi connectivity index (χ4n) is 4.83. The van der Waals surface area contributed by atoms with Gasteiger partial charge >= 0.3 is 0 Å². The molecule has 2 aromatic carbocycles. The predicted molar refractivity (Wildman–Crippen MR) is 152 cm³/mol. The SMILES string of the molecule is Cc1ccc(Oc2ccc(NC(=O)c3n[nH]c4ccc(-c5cncc(CN6CCC(F)(F)CC6)c5)cc34)cn2)cc1. The van der Waals surface area contributed by atoms with Crippen molar-refractivity contribution in [1.82, 2.24) is 25.1 Å². The number of pyridine rings is 2. The Bertz CT molecular complexity index is 1680. The average molecular weight is 555 g/mol. The molecule has 0 radical (unpaired) electrons. The molecule has 1 aliphatic heterocycles. The number of alkyl halides is 2. The van der Waals surface area contributed by atoms with Gasteiger partial charge in [0, 0.05) is 61.9 Å². The first-order valence-corrected chi connectivity index (χ1v) is 13.4. The van der Waals surface area contributed by atoms with Crippen LogP contribution in [0.1, 0.15) is 34.5 Å². The van der Waals surface area contributed by atoms with Gasteiger partial charge in [-0.1, -0.05) is 23.8 Å². The zero-order valence-corrected chi connectivity index (χ0v) is 22.4. The average Bonchev–Trinajstić information content (AvgIpc) is 3.40. The van der Waals surface area contributed by atoms with E-state index in [1.165, 1.54) is 6.20 Å². The maximum absolute atomic E-state index is 13.5. The van der Waals surface area contributed by atoms with Crippen LogP contribution in [0.25, 0.3) is 22.0 Å². The normalized spacial score (nSPS) is 15.1. The van der Waals surface area contributed by atoms with E-state index >= 15 is 0 Å². The lowest BCUT2D eigenvalue weighted by Crippen LogP contribution is -2.38. The van der Waals surface area contributed by atoms with Crippen molar-refractivity contribution < 1.29 is 18.3 Å². The smallest absolute Gasteiger partial charge is 0.276 e. The molecule has 0 unspecified atom stereocenters. The number of aryl methyl sites for hydroxylation is 1. The van der Waals surface area contributed by atoms with E-state index in [1.807, 2.05) is 60.4 Å². The standard InChI is InChI=1S/C31H28F2N6O2/c1-20-2-6-25(7-3-20)41-28-9-5-24(18-35-28)36-30(40)29-26-15-22(4-8-27(26)37-38-29)23-14-21(16-34-17-23)19-39-12-10-31(32,33)11-13-39/h2-9,14-18H,10-13,19H2,1H3,(H,36,40)(H,37,38). The summed E-state index contributed by atoms with van der Waals surface area (Å²) in [5.41, 5.74) is 5.29. The molecule has 6 rings (SSSR count). The Balaban J connectivity index is 1.15. The van der Waals surface area contributed by atoms with Crippen molar-refractivity contribution in [3.63, 3.8) is 0 Å². The highest BCUT2D eigenvalue weighted by Crippen LogP contribution is 2.30. The number of halogens is 2. The molecular weight excluding hydrogens is 526 g/mol. The van der Waals surface area contributed by atoms with Crippen molar-refractivity contribution in [1.29, 1.82) is 0 Å². The molecule has 3 aromatic heterocycles. The highest BCUT2D eigenvalue weighted by atomic mass is 19.3. The molecule has 1 aliphatic rings. The van der Waals surface area contributed by atoms with E-state index in [0.29, 0.717) is 42.3 Å². The van der Waals surface area contributed by atoms with Crippen molar-refractivity contribution in [2.24, 2.45) is 0 Å². The van der Waals surface area contributed by atoms with Crippen LogP contribution < -0.4 is 10.1 Å². The Hall–Kier alpha value is -4.70. The number of amides is 1. The number of hydrogen-bond acceptors (Lipinski definition) is 6. The number of H-pyrrole nitrogens is 1. The molecule has 1 amide bonds. The maximum atomic E-state index is 13.5. The third-order valence-corrected chi connectivity index (χ3v) is 7.14. The summed E-state index contributed by atoms with van der Waals surface area (Å²) in [7, 11) is 0. The number of carbonyl (C=O) groups is 1. The highest BCUT2D eigenvalue weighted by molar-refractivity contribution is 6.11. The van der Waals surface area contributed by atoms with E-state index in [9.17, 15) is 13.6 Å². The lowest BCUT2D eigenvalue weighted by atomic mass is 10.0. The number of benzene rings is 2. The first-order chi connectivity index (χ1) is 19.8. The van der Waals surface area contributed by atoms with Crippen LogP contribution in [-0.2, 0) is 6.54 Å². The molecule has 8 nitrogen and oxygen atoms in total.